The molecular formula is C14H27ClN2O. The van der Waals surface area contributed by atoms with Crippen LogP contribution in [0.5, 0.6) is 0 Å². The lowest BCUT2D eigenvalue weighted by molar-refractivity contribution is -0.124. The van der Waals surface area contributed by atoms with E-state index in [0.717, 1.165) is 31.7 Å². The van der Waals surface area contributed by atoms with Gasteiger partial charge in [0.1, 0.15) is 0 Å². The lowest BCUT2D eigenvalue weighted by Gasteiger charge is -2.21. The van der Waals surface area contributed by atoms with Crippen molar-refractivity contribution in [3.05, 3.63) is 0 Å². The summed E-state index contributed by atoms with van der Waals surface area (Å²) in [6.45, 7) is 0.870. The largest absolute Gasteiger partial charge is 0.356 e. The predicted molar refractivity (Wildman–Crippen MR) is 76.8 cm³/mol. The lowest BCUT2D eigenvalue weighted by Crippen LogP contribution is -2.32. The molecule has 4 heteroatoms. The van der Waals surface area contributed by atoms with Crippen LogP contribution in [0.25, 0.3) is 0 Å². The van der Waals surface area contributed by atoms with Crippen LogP contribution >= 0.6 is 12.4 Å². The Kier molecular flexibility index (Phi) is 7.02. The second-order valence-electron chi connectivity index (χ2n) is 5.85. The zero-order chi connectivity index (χ0) is 12.1. The molecule has 0 bridgehead atoms. The summed E-state index contributed by atoms with van der Waals surface area (Å²) < 4.78 is 0. The van der Waals surface area contributed by atoms with Crippen LogP contribution < -0.4 is 11.1 Å². The second kappa shape index (κ2) is 8.00. The molecule has 106 valence electrons. The van der Waals surface area contributed by atoms with Crippen molar-refractivity contribution in [1.29, 1.82) is 0 Å². The molecule has 0 spiro atoms. The van der Waals surface area contributed by atoms with Crippen LogP contribution in [-0.2, 0) is 4.79 Å². The van der Waals surface area contributed by atoms with Gasteiger partial charge in [-0.15, -0.1) is 12.4 Å². The van der Waals surface area contributed by atoms with Crippen molar-refractivity contribution < 1.29 is 4.79 Å². The van der Waals surface area contributed by atoms with Gasteiger partial charge in [0.15, 0.2) is 0 Å². The highest BCUT2D eigenvalue weighted by molar-refractivity contribution is 5.85. The smallest absolute Gasteiger partial charge is 0.223 e. The van der Waals surface area contributed by atoms with Gasteiger partial charge in [-0.05, 0) is 31.6 Å². The summed E-state index contributed by atoms with van der Waals surface area (Å²) in [5, 5.41) is 3.10. The van der Waals surface area contributed by atoms with E-state index in [2.05, 4.69) is 5.32 Å². The number of carbonyl (C=O) groups is 1. The molecule has 0 heterocycles. The van der Waals surface area contributed by atoms with E-state index in [1.807, 2.05) is 0 Å². The number of hydrogen-bond acceptors (Lipinski definition) is 2. The Balaban J connectivity index is 0.00000162. The van der Waals surface area contributed by atoms with Gasteiger partial charge in [-0.25, -0.2) is 0 Å². The molecule has 0 aromatic carbocycles. The van der Waals surface area contributed by atoms with Gasteiger partial charge in [-0.1, -0.05) is 32.1 Å². The Morgan fingerprint density at radius 2 is 1.83 bits per heavy atom. The van der Waals surface area contributed by atoms with Crippen molar-refractivity contribution in [2.75, 3.05) is 6.54 Å². The van der Waals surface area contributed by atoms with E-state index < -0.39 is 0 Å². The quantitative estimate of drug-likeness (QED) is 0.828. The van der Waals surface area contributed by atoms with E-state index >= 15 is 0 Å². The number of carbonyl (C=O) groups excluding carboxylic acids is 1. The molecule has 2 aliphatic carbocycles. The Hall–Kier alpha value is -0.280. The number of nitrogens with two attached hydrogens (primary N) is 1. The molecule has 2 atom stereocenters. The molecule has 0 aromatic heterocycles. The number of rotatable bonds is 4. The summed E-state index contributed by atoms with van der Waals surface area (Å²) in [5.74, 6) is 1.29. The number of amides is 1. The maximum atomic E-state index is 11.9. The highest BCUT2D eigenvalue weighted by Crippen LogP contribution is 2.26. The SMILES string of the molecule is Cl.NC1CCC(C(=O)NCCC2CCCCC2)C1. The van der Waals surface area contributed by atoms with E-state index in [4.69, 9.17) is 5.73 Å². The molecule has 3 nitrogen and oxygen atoms in total. The maximum absolute atomic E-state index is 11.9. The van der Waals surface area contributed by atoms with E-state index in [1.165, 1.54) is 38.5 Å². The molecule has 0 saturated heterocycles. The molecule has 0 aromatic rings. The van der Waals surface area contributed by atoms with Gasteiger partial charge in [0.25, 0.3) is 0 Å². The number of halogens is 1. The fraction of sp³-hybridized carbons (Fsp3) is 0.929. The molecule has 0 radical (unpaired) electrons. The molecule has 2 unspecified atom stereocenters. The second-order valence-corrected chi connectivity index (χ2v) is 5.85. The van der Waals surface area contributed by atoms with E-state index in [-0.39, 0.29) is 30.3 Å². The van der Waals surface area contributed by atoms with Gasteiger partial charge in [0, 0.05) is 18.5 Å². The zero-order valence-electron chi connectivity index (χ0n) is 11.2. The summed E-state index contributed by atoms with van der Waals surface area (Å²) >= 11 is 0. The van der Waals surface area contributed by atoms with Gasteiger partial charge in [0.2, 0.25) is 5.91 Å². The van der Waals surface area contributed by atoms with Crippen LogP contribution in [0.4, 0.5) is 0 Å². The summed E-state index contributed by atoms with van der Waals surface area (Å²) in [6.07, 6.45) is 11.0. The fourth-order valence-corrected chi connectivity index (χ4v) is 3.27. The normalized spacial score (nSPS) is 28.7. The van der Waals surface area contributed by atoms with Crippen LogP contribution in [0, 0.1) is 11.8 Å². The highest BCUT2D eigenvalue weighted by Gasteiger charge is 2.27. The Labute approximate surface area is 117 Å². The molecule has 2 aliphatic rings. The lowest BCUT2D eigenvalue weighted by atomic mass is 9.87. The van der Waals surface area contributed by atoms with Crippen LogP contribution in [0.2, 0.25) is 0 Å². The van der Waals surface area contributed by atoms with Crippen LogP contribution in [0.15, 0.2) is 0 Å². The van der Waals surface area contributed by atoms with Crippen molar-refractivity contribution in [2.24, 2.45) is 17.6 Å². The molecule has 2 saturated carbocycles. The molecule has 1 amide bonds. The van der Waals surface area contributed by atoms with E-state index in [0.29, 0.717) is 0 Å². The number of hydrogen-bond donors (Lipinski definition) is 2. The van der Waals surface area contributed by atoms with E-state index in [1.54, 1.807) is 0 Å². The van der Waals surface area contributed by atoms with Crippen molar-refractivity contribution in [3.63, 3.8) is 0 Å². The predicted octanol–water partition coefficient (Wildman–Crippen LogP) is 2.62. The average Bonchev–Trinajstić information content (AvgIpc) is 2.77. The Morgan fingerprint density at radius 3 is 2.44 bits per heavy atom. The van der Waals surface area contributed by atoms with Crippen LogP contribution in [0.3, 0.4) is 0 Å². The van der Waals surface area contributed by atoms with E-state index in [9.17, 15) is 4.79 Å². The van der Waals surface area contributed by atoms with Gasteiger partial charge < -0.3 is 11.1 Å². The summed E-state index contributed by atoms with van der Waals surface area (Å²) in [4.78, 5) is 11.9. The van der Waals surface area contributed by atoms with Crippen molar-refractivity contribution in [1.82, 2.24) is 5.32 Å². The van der Waals surface area contributed by atoms with Crippen LogP contribution in [0.1, 0.15) is 57.8 Å². The van der Waals surface area contributed by atoms with Crippen LogP contribution in [-0.4, -0.2) is 18.5 Å². The Morgan fingerprint density at radius 1 is 1.11 bits per heavy atom. The first-order chi connectivity index (χ1) is 8.25. The first-order valence-electron chi connectivity index (χ1n) is 7.29. The van der Waals surface area contributed by atoms with Crippen molar-refractivity contribution in [2.45, 2.75) is 63.8 Å². The van der Waals surface area contributed by atoms with Gasteiger partial charge in [0.05, 0.1) is 0 Å². The summed E-state index contributed by atoms with van der Waals surface area (Å²) in [7, 11) is 0. The minimum Gasteiger partial charge on any atom is -0.356 e. The molecule has 0 aliphatic heterocycles. The fourth-order valence-electron chi connectivity index (χ4n) is 3.27. The van der Waals surface area contributed by atoms with Gasteiger partial charge >= 0.3 is 0 Å². The minimum atomic E-state index is 0. The monoisotopic (exact) mass is 274 g/mol. The molecular weight excluding hydrogens is 248 g/mol. The van der Waals surface area contributed by atoms with Gasteiger partial charge in [-0.2, -0.15) is 0 Å². The third-order valence-corrected chi connectivity index (χ3v) is 4.42. The average molecular weight is 275 g/mol. The third-order valence-electron chi connectivity index (χ3n) is 4.42. The summed E-state index contributed by atoms with van der Waals surface area (Å²) in [5.41, 5.74) is 5.83. The first-order valence-corrected chi connectivity index (χ1v) is 7.29. The molecule has 2 fully saturated rings. The molecule has 2 rings (SSSR count). The highest BCUT2D eigenvalue weighted by atomic mass is 35.5. The van der Waals surface area contributed by atoms with Crippen molar-refractivity contribution >= 4 is 18.3 Å². The third kappa shape index (κ3) is 4.77. The molecule has 18 heavy (non-hydrogen) atoms. The minimum absolute atomic E-state index is 0. The summed E-state index contributed by atoms with van der Waals surface area (Å²) in [6, 6.07) is 0.254. The van der Waals surface area contributed by atoms with Gasteiger partial charge in [-0.3, -0.25) is 4.79 Å². The zero-order valence-corrected chi connectivity index (χ0v) is 12.0. The maximum Gasteiger partial charge on any atom is 0.223 e. The topological polar surface area (TPSA) is 55.1 Å². The number of nitrogens with one attached hydrogen (secondary N) is 1. The standard InChI is InChI=1S/C14H26N2O.ClH/c15-13-7-6-12(10-13)14(17)16-9-8-11-4-2-1-3-5-11;/h11-13H,1-10,15H2,(H,16,17);1H. The van der Waals surface area contributed by atoms with Crippen molar-refractivity contribution in [3.8, 4) is 0 Å². The Bertz CT molecular complexity index is 254. The first kappa shape index (κ1) is 15.8. The molecule has 3 N–H and O–H groups in total.